The first-order valence-electron chi connectivity index (χ1n) is 8.16. The number of ether oxygens (including phenoxy) is 1. The van der Waals surface area contributed by atoms with Gasteiger partial charge in [0.15, 0.2) is 0 Å². The molecule has 0 aromatic rings. The molecule has 2 fully saturated rings. The minimum absolute atomic E-state index is 0.155. The van der Waals surface area contributed by atoms with E-state index in [2.05, 4.69) is 10.2 Å². The van der Waals surface area contributed by atoms with Gasteiger partial charge in [-0.05, 0) is 38.6 Å². The molecular weight excluding hydrogens is 288 g/mol. The highest BCUT2D eigenvalue weighted by Gasteiger charge is 2.32. The van der Waals surface area contributed by atoms with Gasteiger partial charge in [-0.15, -0.1) is 0 Å². The van der Waals surface area contributed by atoms with Crippen LogP contribution in [0.2, 0.25) is 0 Å². The van der Waals surface area contributed by atoms with Crippen LogP contribution in [0, 0.1) is 0 Å². The number of nitrogens with one attached hydrogen (secondary N) is 1. The summed E-state index contributed by atoms with van der Waals surface area (Å²) in [5, 5.41) is 3.39. The van der Waals surface area contributed by atoms with Gasteiger partial charge in [0.1, 0.15) is 9.84 Å². The van der Waals surface area contributed by atoms with Crippen molar-refractivity contribution < 1.29 is 13.2 Å². The van der Waals surface area contributed by atoms with Crippen molar-refractivity contribution in [3.63, 3.8) is 0 Å². The predicted molar refractivity (Wildman–Crippen MR) is 85.4 cm³/mol. The first-order chi connectivity index (χ1) is 10.0. The van der Waals surface area contributed by atoms with Gasteiger partial charge >= 0.3 is 0 Å². The number of nitrogens with zero attached hydrogens (tertiary/aromatic N) is 1. The maximum absolute atomic E-state index is 11.9. The van der Waals surface area contributed by atoms with Crippen molar-refractivity contribution >= 4 is 9.84 Å². The second-order valence-corrected chi connectivity index (χ2v) is 8.88. The number of methoxy groups -OCH3 is 1. The molecule has 0 aromatic heterocycles. The highest BCUT2D eigenvalue weighted by Crippen LogP contribution is 2.28. The Morgan fingerprint density at radius 1 is 1.24 bits per heavy atom. The highest BCUT2D eigenvalue weighted by molar-refractivity contribution is 7.91. The van der Waals surface area contributed by atoms with Crippen LogP contribution in [0.25, 0.3) is 0 Å². The van der Waals surface area contributed by atoms with Crippen molar-refractivity contribution in [2.45, 2.75) is 55.9 Å². The maximum Gasteiger partial charge on any atom is 0.150 e. The Morgan fingerprint density at radius 3 is 2.67 bits per heavy atom. The third-order valence-corrected chi connectivity index (χ3v) is 6.56. The van der Waals surface area contributed by atoms with Crippen LogP contribution in [0.5, 0.6) is 0 Å². The Morgan fingerprint density at radius 2 is 2.05 bits per heavy atom. The summed E-state index contributed by atoms with van der Waals surface area (Å²) in [5.74, 6) is 0. The highest BCUT2D eigenvalue weighted by atomic mass is 32.2. The molecule has 2 rings (SSSR count). The Balaban J connectivity index is 1.97. The molecule has 21 heavy (non-hydrogen) atoms. The Bertz CT molecular complexity index is 407. The van der Waals surface area contributed by atoms with E-state index in [0.717, 1.165) is 45.3 Å². The van der Waals surface area contributed by atoms with E-state index in [-0.39, 0.29) is 5.25 Å². The number of hydrogen-bond donors (Lipinski definition) is 1. The van der Waals surface area contributed by atoms with Crippen LogP contribution in [-0.4, -0.2) is 70.3 Å². The minimum Gasteiger partial charge on any atom is -0.383 e. The van der Waals surface area contributed by atoms with Gasteiger partial charge in [-0.3, -0.25) is 4.90 Å². The van der Waals surface area contributed by atoms with Gasteiger partial charge in [-0.1, -0.05) is 6.42 Å². The average molecular weight is 318 g/mol. The lowest BCUT2D eigenvalue weighted by molar-refractivity contribution is 0.0959. The van der Waals surface area contributed by atoms with Crippen molar-refractivity contribution in [3.05, 3.63) is 0 Å². The fourth-order valence-electron chi connectivity index (χ4n) is 3.67. The van der Waals surface area contributed by atoms with Crippen molar-refractivity contribution in [1.29, 1.82) is 0 Å². The summed E-state index contributed by atoms with van der Waals surface area (Å²) in [7, 11) is -1.19. The Kier molecular flexibility index (Phi) is 6.47. The molecule has 1 aliphatic heterocycles. The van der Waals surface area contributed by atoms with Crippen LogP contribution < -0.4 is 5.32 Å². The molecule has 124 valence electrons. The lowest BCUT2D eigenvalue weighted by Crippen LogP contribution is -2.48. The molecule has 0 aromatic carbocycles. The van der Waals surface area contributed by atoms with Crippen molar-refractivity contribution in [2.24, 2.45) is 0 Å². The third-order valence-electron chi connectivity index (χ3n) is 4.92. The fourth-order valence-corrected chi connectivity index (χ4v) is 4.83. The largest absolute Gasteiger partial charge is 0.383 e. The summed E-state index contributed by atoms with van der Waals surface area (Å²) in [6.45, 7) is 3.74. The van der Waals surface area contributed by atoms with Crippen LogP contribution in [0.1, 0.15) is 38.5 Å². The van der Waals surface area contributed by atoms with Gasteiger partial charge in [-0.2, -0.15) is 0 Å². The van der Waals surface area contributed by atoms with Gasteiger partial charge in [0.25, 0.3) is 0 Å². The summed E-state index contributed by atoms with van der Waals surface area (Å²) in [4.78, 5) is 2.46. The molecule has 6 heteroatoms. The van der Waals surface area contributed by atoms with E-state index in [9.17, 15) is 8.42 Å². The number of sulfone groups is 1. The quantitative estimate of drug-likeness (QED) is 0.760. The summed E-state index contributed by atoms with van der Waals surface area (Å²) in [6.07, 6.45) is 7.61. The molecule has 1 saturated heterocycles. The van der Waals surface area contributed by atoms with Crippen LogP contribution >= 0.6 is 0 Å². The lowest BCUT2D eigenvalue weighted by atomic mass is 9.93. The molecule has 1 heterocycles. The van der Waals surface area contributed by atoms with Crippen LogP contribution in [0.15, 0.2) is 0 Å². The van der Waals surface area contributed by atoms with Crippen LogP contribution in [0.3, 0.4) is 0 Å². The zero-order chi connectivity index (χ0) is 15.3. The van der Waals surface area contributed by atoms with Gasteiger partial charge in [0.05, 0.1) is 11.9 Å². The van der Waals surface area contributed by atoms with E-state index in [1.807, 2.05) is 0 Å². The molecular formula is C15H30N2O3S. The predicted octanol–water partition coefficient (Wildman–Crippen LogP) is 1.04. The van der Waals surface area contributed by atoms with E-state index in [1.54, 1.807) is 7.11 Å². The average Bonchev–Trinajstić information content (AvgIpc) is 2.95. The molecule has 3 atom stereocenters. The van der Waals surface area contributed by atoms with Crippen molar-refractivity contribution in [2.75, 3.05) is 39.6 Å². The SMILES string of the molecule is COCCN(CC1CCCN1)C1CCCC(S(C)(=O)=O)C1. The van der Waals surface area contributed by atoms with Gasteiger partial charge < -0.3 is 10.1 Å². The molecule has 0 radical (unpaired) electrons. The normalized spacial score (nSPS) is 30.9. The molecule has 0 bridgehead atoms. The summed E-state index contributed by atoms with van der Waals surface area (Å²) in [6, 6.07) is 0.941. The van der Waals surface area contributed by atoms with Gasteiger partial charge in [0.2, 0.25) is 0 Å². The van der Waals surface area contributed by atoms with E-state index in [0.29, 0.717) is 18.7 Å². The number of hydrogen-bond acceptors (Lipinski definition) is 5. The van der Waals surface area contributed by atoms with E-state index < -0.39 is 9.84 Å². The molecule has 1 N–H and O–H groups in total. The topological polar surface area (TPSA) is 58.6 Å². The number of rotatable bonds is 7. The zero-order valence-electron chi connectivity index (χ0n) is 13.4. The molecule has 2 aliphatic rings. The monoisotopic (exact) mass is 318 g/mol. The first-order valence-corrected chi connectivity index (χ1v) is 10.1. The molecule has 5 nitrogen and oxygen atoms in total. The summed E-state index contributed by atoms with van der Waals surface area (Å²) >= 11 is 0. The van der Waals surface area contributed by atoms with Crippen LogP contribution in [0.4, 0.5) is 0 Å². The van der Waals surface area contributed by atoms with Gasteiger partial charge in [-0.25, -0.2) is 8.42 Å². The Hall–Kier alpha value is -0.170. The van der Waals surface area contributed by atoms with E-state index >= 15 is 0 Å². The smallest absolute Gasteiger partial charge is 0.150 e. The molecule has 1 aliphatic carbocycles. The van der Waals surface area contributed by atoms with Crippen molar-refractivity contribution in [1.82, 2.24) is 10.2 Å². The van der Waals surface area contributed by atoms with Crippen LogP contribution in [-0.2, 0) is 14.6 Å². The fraction of sp³-hybridized carbons (Fsp3) is 1.00. The lowest BCUT2D eigenvalue weighted by Gasteiger charge is -2.38. The van der Waals surface area contributed by atoms with E-state index in [4.69, 9.17) is 4.74 Å². The third kappa shape index (κ3) is 5.20. The van der Waals surface area contributed by atoms with E-state index in [1.165, 1.54) is 19.1 Å². The summed E-state index contributed by atoms with van der Waals surface area (Å²) < 4.78 is 29.0. The summed E-state index contributed by atoms with van der Waals surface area (Å²) in [5.41, 5.74) is 0. The molecule has 1 saturated carbocycles. The maximum atomic E-state index is 11.9. The molecule has 0 amide bonds. The molecule has 3 unspecified atom stereocenters. The Labute approximate surface area is 129 Å². The zero-order valence-corrected chi connectivity index (χ0v) is 14.2. The second kappa shape index (κ2) is 7.90. The minimum atomic E-state index is -2.91. The first kappa shape index (κ1) is 17.2. The standard InChI is InChI=1S/C15H30N2O3S/c1-20-10-9-17(12-13-5-4-8-16-13)14-6-3-7-15(11-14)21(2,18)19/h13-16H,3-12H2,1-2H3. The second-order valence-electron chi connectivity index (χ2n) is 6.55. The van der Waals surface area contributed by atoms with Crippen molar-refractivity contribution in [3.8, 4) is 0 Å². The van der Waals surface area contributed by atoms with Gasteiger partial charge in [0, 0.05) is 38.5 Å². The molecule has 0 spiro atoms.